The molecule has 3 rings (SSSR count). The zero-order valence-electron chi connectivity index (χ0n) is 16.2. The van der Waals surface area contributed by atoms with Crippen LogP contribution in [0.1, 0.15) is 5.56 Å². The summed E-state index contributed by atoms with van der Waals surface area (Å²) in [4.78, 5) is 16.9. The number of amides is 1. The fourth-order valence-corrected chi connectivity index (χ4v) is 3.42. The maximum atomic E-state index is 12.4. The van der Waals surface area contributed by atoms with Gasteiger partial charge in [-0.1, -0.05) is 11.8 Å². The Hall–Kier alpha value is -3.44. The summed E-state index contributed by atoms with van der Waals surface area (Å²) in [6.45, 7) is 0. The fourth-order valence-electron chi connectivity index (χ4n) is 2.66. The lowest BCUT2D eigenvalue weighted by molar-refractivity contribution is -0.113. The summed E-state index contributed by atoms with van der Waals surface area (Å²) in [5, 5.41) is 13.6. The number of carbonyl (C=O) groups is 1. The number of hydrogen-bond acceptors (Lipinski definition) is 7. The number of hydrogen-bond donors (Lipinski definition) is 1. The maximum Gasteiger partial charge on any atom is 0.234 e. The molecular formula is C21H19N3O4S. The molecule has 1 N–H and O–H groups in total. The number of rotatable bonds is 7. The highest BCUT2D eigenvalue weighted by molar-refractivity contribution is 8.00. The highest BCUT2D eigenvalue weighted by Gasteiger charge is 2.12. The van der Waals surface area contributed by atoms with Gasteiger partial charge < -0.3 is 19.5 Å². The summed E-state index contributed by atoms with van der Waals surface area (Å²) in [6.07, 6.45) is 0. The van der Waals surface area contributed by atoms with E-state index >= 15 is 0 Å². The Kier molecular flexibility index (Phi) is 6.42. The van der Waals surface area contributed by atoms with Crippen LogP contribution >= 0.6 is 11.8 Å². The van der Waals surface area contributed by atoms with Crippen LogP contribution in [0.4, 0.5) is 5.69 Å². The van der Waals surface area contributed by atoms with Gasteiger partial charge in [0.15, 0.2) is 0 Å². The van der Waals surface area contributed by atoms with Gasteiger partial charge in [0.05, 0.1) is 38.2 Å². The van der Waals surface area contributed by atoms with Crippen molar-refractivity contribution in [1.82, 2.24) is 4.98 Å². The molecule has 1 amide bonds. The topological polar surface area (TPSA) is 93.5 Å². The van der Waals surface area contributed by atoms with E-state index in [2.05, 4.69) is 16.4 Å². The van der Waals surface area contributed by atoms with E-state index in [9.17, 15) is 10.1 Å². The number of nitriles is 1. The highest BCUT2D eigenvalue weighted by atomic mass is 32.2. The number of carbonyl (C=O) groups excluding carboxylic acids is 1. The number of ether oxygens (including phenoxy) is 3. The number of nitrogens with one attached hydrogen (secondary N) is 1. The van der Waals surface area contributed by atoms with E-state index < -0.39 is 0 Å². The van der Waals surface area contributed by atoms with Crippen LogP contribution in [0, 0.1) is 11.3 Å². The molecule has 0 atom stereocenters. The molecule has 2 aromatic carbocycles. The lowest BCUT2D eigenvalue weighted by Crippen LogP contribution is -2.14. The molecule has 1 aromatic heterocycles. The van der Waals surface area contributed by atoms with E-state index in [-0.39, 0.29) is 11.7 Å². The zero-order valence-corrected chi connectivity index (χ0v) is 17.0. The number of methoxy groups -OCH3 is 3. The molecule has 0 aliphatic carbocycles. The van der Waals surface area contributed by atoms with Gasteiger partial charge in [-0.2, -0.15) is 5.26 Å². The lowest BCUT2D eigenvalue weighted by Gasteiger charge is -2.10. The van der Waals surface area contributed by atoms with Crippen LogP contribution in [-0.4, -0.2) is 38.0 Å². The Morgan fingerprint density at radius 2 is 1.72 bits per heavy atom. The van der Waals surface area contributed by atoms with E-state index in [1.165, 1.54) is 11.8 Å². The highest BCUT2D eigenvalue weighted by Crippen LogP contribution is 2.28. The number of anilines is 1. The van der Waals surface area contributed by atoms with Crippen molar-refractivity contribution in [3.63, 3.8) is 0 Å². The Morgan fingerprint density at radius 3 is 2.34 bits per heavy atom. The molecule has 0 saturated carbocycles. The van der Waals surface area contributed by atoms with Crippen LogP contribution < -0.4 is 19.5 Å². The van der Waals surface area contributed by atoms with Gasteiger partial charge in [-0.3, -0.25) is 4.79 Å². The number of thioether (sulfide) groups is 1. The third-order valence-corrected chi connectivity index (χ3v) is 5.08. The van der Waals surface area contributed by atoms with Crippen molar-refractivity contribution in [3.8, 4) is 23.3 Å². The Morgan fingerprint density at radius 1 is 1.03 bits per heavy atom. The maximum absolute atomic E-state index is 12.4. The molecule has 0 spiro atoms. The first-order valence-electron chi connectivity index (χ1n) is 8.61. The SMILES string of the molecule is COc1cc(NC(=O)CSc2nc3cc(OC)ccc3cc2C#N)cc(OC)c1. The van der Waals surface area contributed by atoms with Gasteiger partial charge in [-0.05, 0) is 18.2 Å². The summed E-state index contributed by atoms with van der Waals surface area (Å²) in [5.74, 6) is 1.68. The number of pyridine rings is 1. The minimum absolute atomic E-state index is 0.0939. The molecule has 0 saturated heterocycles. The van der Waals surface area contributed by atoms with Gasteiger partial charge in [0.2, 0.25) is 5.91 Å². The average Bonchev–Trinajstić information content (AvgIpc) is 2.76. The summed E-state index contributed by atoms with van der Waals surface area (Å²) in [5.41, 5.74) is 1.68. The molecule has 3 aromatic rings. The minimum atomic E-state index is -0.235. The molecule has 148 valence electrons. The molecule has 1 heterocycles. The average molecular weight is 409 g/mol. The van der Waals surface area contributed by atoms with Crippen molar-refractivity contribution in [2.75, 3.05) is 32.4 Å². The van der Waals surface area contributed by atoms with Crippen LogP contribution in [0.2, 0.25) is 0 Å². The van der Waals surface area contributed by atoms with E-state index in [1.54, 1.807) is 51.7 Å². The molecular weight excluding hydrogens is 390 g/mol. The molecule has 29 heavy (non-hydrogen) atoms. The van der Waals surface area contributed by atoms with Gasteiger partial charge in [0.25, 0.3) is 0 Å². The normalized spacial score (nSPS) is 10.3. The van der Waals surface area contributed by atoms with E-state index in [4.69, 9.17) is 14.2 Å². The second-order valence-electron chi connectivity index (χ2n) is 5.95. The Balaban J connectivity index is 1.76. The number of benzene rings is 2. The predicted octanol–water partition coefficient (Wildman–Crippen LogP) is 3.86. The van der Waals surface area contributed by atoms with E-state index in [1.807, 2.05) is 12.1 Å². The zero-order chi connectivity index (χ0) is 20.8. The second kappa shape index (κ2) is 9.17. The number of aromatic nitrogens is 1. The first kappa shape index (κ1) is 20.3. The van der Waals surface area contributed by atoms with E-state index in [0.717, 1.165) is 5.39 Å². The third-order valence-electron chi connectivity index (χ3n) is 4.09. The van der Waals surface area contributed by atoms with Gasteiger partial charge in [-0.25, -0.2) is 4.98 Å². The fraction of sp³-hybridized carbons (Fsp3) is 0.190. The molecule has 0 unspecified atom stereocenters. The van der Waals surface area contributed by atoms with Crippen LogP contribution in [0.15, 0.2) is 47.5 Å². The predicted molar refractivity (Wildman–Crippen MR) is 112 cm³/mol. The largest absolute Gasteiger partial charge is 0.497 e. The number of nitrogens with zero attached hydrogens (tertiary/aromatic N) is 2. The van der Waals surface area contributed by atoms with Crippen LogP contribution in [0.3, 0.4) is 0 Å². The van der Waals surface area contributed by atoms with Gasteiger partial charge in [0, 0.05) is 35.3 Å². The first-order valence-corrected chi connectivity index (χ1v) is 9.59. The molecule has 8 heteroatoms. The van der Waals surface area contributed by atoms with Gasteiger partial charge >= 0.3 is 0 Å². The van der Waals surface area contributed by atoms with Gasteiger partial charge in [0.1, 0.15) is 28.3 Å². The summed E-state index contributed by atoms with van der Waals surface area (Å²) in [6, 6.07) is 14.5. The molecule has 7 nitrogen and oxygen atoms in total. The van der Waals surface area contributed by atoms with Crippen molar-refractivity contribution in [1.29, 1.82) is 5.26 Å². The van der Waals surface area contributed by atoms with Crippen molar-refractivity contribution in [2.45, 2.75) is 5.03 Å². The van der Waals surface area contributed by atoms with Crippen LogP contribution in [0.5, 0.6) is 17.2 Å². The molecule has 0 bridgehead atoms. The lowest BCUT2D eigenvalue weighted by atomic mass is 10.1. The van der Waals surface area contributed by atoms with Crippen LogP contribution in [-0.2, 0) is 4.79 Å². The first-order chi connectivity index (χ1) is 14.1. The molecule has 0 radical (unpaired) electrons. The molecule has 0 fully saturated rings. The third kappa shape index (κ3) is 4.89. The Bertz CT molecular complexity index is 1070. The van der Waals surface area contributed by atoms with Crippen molar-refractivity contribution in [3.05, 3.63) is 48.0 Å². The summed E-state index contributed by atoms with van der Waals surface area (Å²) in [7, 11) is 4.67. The molecule has 0 aliphatic heterocycles. The second-order valence-corrected chi connectivity index (χ2v) is 6.91. The minimum Gasteiger partial charge on any atom is -0.497 e. The smallest absolute Gasteiger partial charge is 0.234 e. The molecule has 0 aliphatic rings. The van der Waals surface area contributed by atoms with Crippen LogP contribution in [0.25, 0.3) is 10.9 Å². The van der Waals surface area contributed by atoms with Gasteiger partial charge in [-0.15, -0.1) is 0 Å². The van der Waals surface area contributed by atoms with Crippen molar-refractivity contribution in [2.24, 2.45) is 0 Å². The standard InChI is InChI=1S/C21H19N3O4S/c1-26-16-5-4-13-6-14(11-22)21(24-19(13)10-16)29-12-20(25)23-15-7-17(27-2)9-18(8-15)28-3/h4-10H,12H2,1-3H3,(H,23,25). The quantitative estimate of drug-likeness (QED) is 0.592. The summed E-state index contributed by atoms with van der Waals surface area (Å²) < 4.78 is 15.6. The Labute approximate surface area is 172 Å². The van der Waals surface area contributed by atoms with Crippen molar-refractivity contribution < 1.29 is 19.0 Å². The number of fused-ring (bicyclic) bond motifs is 1. The summed E-state index contributed by atoms with van der Waals surface area (Å²) >= 11 is 1.20. The van der Waals surface area contributed by atoms with E-state index in [0.29, 0.717) is 39.0 Å². The monoisotopic (exact) mass is 409 g/mol. The van der Waals surface area contributed by atoms with Crippen molar-refractivity contribution >= 4 is 34.3 Å².